The number of halogens is 2. The Hall–Kier alpha value is -1.21. The average molecular weight is 319 g/mol. The average Bonchev–Trinajstić information content (AvgIpc) is 3.07. The minimum absolute atomic E-state index is 0.0482. The van der Waals surface area contributed by atoms with Crippen LogP contribution >= 0.6 is 15.9 Å². The van der Waals surface area contributed by atoms with E-state index in [1.807, 2.05) is 0 Å². The first kappa shape index (κ1) is 13.2. The van der Waals surface area contributed by atoms with Gasteiger partial charge in [0.15, 0.2) is 0 Å². The SMILES string of the molecule is O=[N+]([O-])c1cc(F)cc(Br)c1NCC1(CO)CC1. The highest BCUT2D eigenvalue weighted by Gasteiger charge is 2.42. The van der Waals surface area contributed by atoms with E-state index in [-0.39, 0.29) is 23.4 Å². The lowest BCUT2D eigenvalue weighted by molar-refractivity contribution is -0.384. The van der Waals surface area contributed by atoms with Gasteiger partial charge >= 0.3 is 0 Å². The molecule has 0 unspecified atom stereocenters. The van der Waals surface area contributed by atoms with Crippen LogP contribution in [0.3, 0.4) is 0 Å². The maximum atomic E-state index is 13.1. The summed E-state index contributed by atoms with van der Waals surface area (Å²) >= 11 is 3.11. The van der Waals surface area contributed by atoms with E-state index in [9.17, 15) is 19.6 Å². The highest BCUT2D eigenvalue weighted by molar-refractivity contribution is 9.10. The van der Waals surface area contributed by atoms with Gasteiger partial charge in [-0.15, -0.1) is 0 Å². The van der Waals surface area contributed by atoms with Crippen molar-refractivity contribution in [1.82, 2.24) is 0 Å². The fraction of sp³-hybridized carbons (Fsp3) is 0.455. The molecule has 1 fully saturated rings. The van der Waals surface area contributed by atoms with E-state index < -0.39 is 10.7 Å². The van der Waals surface area contributed by atoms with E-state index in [1.165, 1.54) is 6.07 Å². The molecule has 0 amide bonds. The van der Waals surface area contributed by atoms with E-state index >= 15 is 0 Å². The molecule has 0 bridgehead atoms. The van der Waals surface area contributed by atoms with Crippen molar-refractivity contribution in [2.24, 2.45) is 5.41 Å². The van der Waals surface area contributed by atoms with Gasteiger partial charge in [-0.25, -0.2) is 4.39 Å². The molecule has 1 aliphatic carbocycles. The molecule has 1 aromatic carbocycles. The summed E-state index contributed by atoms with van der Waals surface area (Å²) < 4.78 is 13.4. The zero-order chi connectivity index (χ0) is 13.3. The molecule has 2 rings (SSSR count). The third kappa shape index (κ3) is 2.62. The number of rotatable bonds is 5. The van der Waals surface area contributed by atoms with Crippen LogP contribution < -0.4 is 5.32 Å². The molecular weight excluding hydrogens is 307 g/mol. The van der Waals surface area contributed by atoms with Crippen LogP contribution in [-0.2, 0) is 0 Å². The lowest BCUT2D eigenvalue weighted by Crippen LogP contribution is -2.19. The molecule has 0 aliphatic heterocycles. The summed E-state index contributed by atoms with van der Waals surface area (Å²) in [4.78, 5) is 10.2. The summed E-state index contributed by atoms with van der Waals surface area (Å²) in [5.41, 5.74) is -0.237. The van der Waals surface area contributed by atoms with Crippen LogP contribution in [0.5, 0.6) is 0 Å². The molecule has 1 aromatic rings. The molecule has 0 heterocycles. The zero-order valence-electron chi connectivity index (χ0n) is 9.45. The monoisotopic (exact) mass is 318 g/mol. The van der Waals surface area contributed by atoms with Crippen LogP contribution in [0.25, 0.3) is 0 Å². The Kier molecular flexibility index (Phi) is 3.54. The second kappa shape index (κ2) is 4.81. The van der Waals surface area contributed by atoms with E-state index in [2.05, 4.69) is 21.2 Å². The van der Waals surface area contributed by atoms with Crippen LogP contribution in [0.4, 0.5) is 15.8 Å². The maximum Gasteiger partial charge on any atom is 0.296 e. The van der Waals surface area contributed by atoms with Crippen molar-refractivity contribution in [1.29, 1.82) is 0 Å². The summed E-state index contributed by atoms with van der Waals surface area (Å²) in [5.74, 6) is -0.664. The molecule has 0 spiro atoms. The Morgan fingerprint density at radius 2 is 2.22 bits per heavy atom. The van der Waals surface area contributed by atoms with Crippen molar-refractivity contribution in [3.8, 4) is 0 Å². The normalized spacial score (nSPS) is 16.4. The van der Waals surface area contributed by atoms with E-state index in [0.29, 0.717) is 11.0 Å². The summed E-state index contributed by atoms with van der Waals surface area (Å²) in [6, 6.07) is 2.06. The molecule has 7 heteroatoms. The number of aliphatic hydroxyl groups excluding tert-OH is 1. The van der Waals surface area contributed by atoms with Gasteiger partial charge in [-0.3, -0.25) is 10.1 Å². The topological polar surface area (TPSA) is 75.4 Å². The zero-order valence-corrected chi connectivity index (χ0v) is 11.0. The lowest BCUT2D eigenvalue weighted by Gasteiger charge is -2.15. The summed E-state index contributed by atoms with van der Waals surface area (Å²) in [7, 11) is 0. The number of nitro groups is 1. The van der Waals surface area contributed by atoms with Crippen LogP contribution in [0.15, 0.2) is 16.6 Å². The smallest absolute Gasteiger partial charge is 0.296 e. The van der Waals surface area contributed by atoms with E-state index in [1.54, 1.807) is 0 Å². The number of anilines is 1. The summed E-state index contributed by atoms with van der Waals surface area (Å²) in [5, 5.41) is 23.0. The summed E-state index contributed by atoms with van der Waals surface area (Å²) in [6.07, 6.45) is 1.78. The standard InChI is InChI=1S/C11H12BrFN2O3/c12-8-3-7(13)4-9(15(17)18)10(8)14-5-11(6-16)1-2-11/h3-4,14,16H,1-2,5-6H2. The Labute approximate surface area is 111 Å². The van der Waals surface area contributed by atoms with Gasteiger partial charge in [-0.1, -0.05) is 0 Å². The largest absolute Gasteiger partial charge is 0.396 e. The van der Waals surface area contributed by atoms with E-state index in [0.717, 1.165) is 18.9 Å². The highest BCUT2D eigenvalue weighted by Crippen LogP contribution is 2.46. The van der Waals surface area contributed by atoms with Crippen molar-refractivity contribution in [2.45, 2.75) is 12.8 Å². The number of nitrogens with zero attached hydrogens (tertiary/aromatic N) is 1. The predicted molar refractivity (Wildman–Crippen MR) is 68.0 cm³/mol. The molecule has 1 aliphatic rings. The lowest BCUT2D eigenvalue weighted by atomic mass is 10.1. The molecule has 98 valence electrons. The molecule has 0 saturated heterocycles. The first-order valence-corrected chi connectivity index (χ1v) is 6.25. The van der Waals surface area contributed by atoms with Crippen LogP contribution in [-0.4, -0.2) is 23.2 Å². The van der Waals surface area contributed by atoms with Gasteiger partial charge in [-0.05, 0) is 34.8 Å². The second-order valence-corrected chi connectivity index (χ2v) is 5.40. The van der Waals surface area contributed by atoms with Gasteiger partial charge in [0.05, 0.1) is 22.1 Å². The van der Waals surface area contributed by atoms with Crippen LogP contribution in [0, 0.1) is 21.3 Å². The van der Waals surface area contributed by atoms with Crippen molar-refractivity contribution in [3.63, 3.8) is 0 Å². The third-order valence-corrected chi connectivity index (χ3v) is 3.79. The molecule has 0 aromatic heterocycles. The van der Waals surface area contributed by atoms with Crippen molar-refractivity contribution >= 4 is 27.3 Å². The quantitative estimate of drug-likeness (QED) is 0.646. The predicted octanol–water partition coefficient (Wildman–Crippen LogP) is 2.68. The molecule has 18 heavy (non-hydrogen) atoms. The van der Waals surface area contributed by atoms with Crippen LogP contribution in [0.1, 0.15) is 12.8 Å². The van der Waals surface area contributed by atoms with Crippen molar-refractivity contribution in [3.05, 3.63) is 32.5 Å². The highest BCUT2D eigenvalue weighted by atomic mass is 79.9. The third-order valence-electron chi connectivity index (χ3n) is 3.16. The van der Waals surface area contributed by atoms with Gasteiger partial charge < -0.3 is 10.4 Å². The number of hydrogen-bond acceptors (Lipinski definition) is 4. The minimum Gasteiger partial charge on any atom is -0.396 e. The minimum atomic E-state index is -0.664. The number of nitro benzene ring substituents is 1. The number of aliphatic hydroxyl groups is 1. The molecule has 5 nitrogen and oxygen atoms in total. The fourth-order valence-electron chi connectivity index (χ4n) is 1.72. The molecule has 1 saturated carbocycles. The Balaban J connectivity index is 2.23. The maximum absolute atomic E-state index is 13.1. The first-order valence-electron chi connectivity index (χ1n) is 5.46. The molecule has 0 radical (unpaired) electrons. The van der Waals surface area contributed by atoms with E-state index in [4.69, 9.17) is 0 Å². The Morgan fingerprint density at radius 3 is 2.72 bits per heavy atom. The Morgan fingerprint density at radius 1 is 1.56 bits per heavy atom. The van der Waals surface area contributed by atoms with Crippen molar-refractivity contribution in [2.75, 3.05) is 18.5 Å². The van der Waals surface area contributed by atoms with Gasteiger partial charge in [0.2, 0.25) is 0 Å². The second-order valence-electron chi connectivity index (χ2n) is 4.55. The molecule has 2 N–H and O–H groups in total. The van der Waals surface area contributed by atoms with Crippen LogP contribution in [0.2, 0.25) is 0 Å². The van der Waals surface area contributed by atoms with Gasteiger partial charge in [0.25, 0.3) is 5.69 Å². The fourth-order valence-corrected chi connectivity index (χ4v) is 2.28. The molecular formula is C11H12BrFN2O3. The summed E-state index contributed by atoms with van der Waals surface area (Å²) in [6.45, 7) is 0.487. The number of hydrogen-bond donors (Lipinski definition) is 2. The number of benzene rings is 1. The van der Waals surface area contributed by atoms with Gasteiger partial charge in [0, 0.05) is 12.0 Å². The van der Waals surface area contributed by atoms with Gasteiger partial charge in [0.1, 0.15) is 11.5 Å². The molecule has 0 atom stereocenters. The van der Waals surface area contributed by atoms with Gasteiger partial charge in [-0.2, -0.15) is 0 Å². The first-order chi connectivity index (χ1) is 8.47. The Bertz CT molecular complexity index is 491. The van der Waals surface area contributed by atoms with Crippen molar-refractivity contribution < 1.29 is 14.4 Å². The number of nitrogens with one attached hydrogen (secondary N) is 1.